The van der Waals surface area contributed by atoms with E-state index in [4.69, 9.17) is 0 Å². The van der Waals surface area contributed by atoms with Crippen LogP contribution >= 0.6 is 7.14 Å². The van der Waals surface area contributed by atoms with Crippen molar-refractivity contribution in [1.82, 2.24) is 0 Å². The monoisotopic (exact) mass is 356 g/mol. The van der Waals surface area contributed by atoms with Gasteiger partial charge in [0.05, 0.1) is 0 Å². The number of carbonyl (C=O) groups is 1. The van der Waals surface area contributed by atoms with E-state index >= 15 is 0 Å². The lowest BCUT2D eigenvalue weighted by Crippen LogP contribution is -2.16. The summed E-state index contributed by atoms with van der Waals surface area (Å²) >= 11 is 0. The van der Waals surface area contributed by atoms with Gasteiger partial charge in [-0.3, -0.25) is 4.79 Å². The molecular formula is C22H29O2P. The molecule has 0 bridgehead atoms. The molecule has 2 nitrogen and oxygen atoms in total. The van der Waals surface area contributed by atoms with Crippen molar-refractivity contribution in [1.29, 1.82) is 0 Å². The van der Waals surface area contributed by atoms with Crippen LogP contribution in [0.2, 0.25) is 0 Å². The molecule has 134 valence electrons. The average Bonchev–Trinajstić information content (AvgIpc) is 2.44. The Balaban J connectivity index is 2.63. The summed E-state index contributed by atoms with van der Waals surface area (Å²) in [6.07, 6.45) is 6.63. The second-order valence-electron chi connectivity index (χ2n) is 7.95. The Labute approximate surface area is 152 Å². The highest BCUT2D eigenvalue weighted by Gasteiger charge is 2.38. The Bertz CT molecular complexity index is 815. The fourth-order valence-corrected chi connectivity index (χ4v) is 6.55. The standard InChI is InChI=1S/C22H29O2P/c1-8-11-25(24,19-9-10-22(6,7)14-18(19)5)21(23)20-16(3)12-15(2)13-17(20)4/h8-10,12-13H,1,11,14H2,2-7H3. The van der Waals surface area contributed by atoms with E-state index in [0.717, 1.165) is 34.0 Å². The van der Waals surface area contributed by atoms with Crippen molar-refractivity contribution in [2.75, 3.05) is 6.16 Å². The molecule has 0 aromatic heterocycles. The van der Waals surface area contributed by atoms with Crippen LogP contribution in [0.25, 0.3) is 0 Å². The molecule has 0 saturated heterocycles. The first-order chi connectivity index (χ1) is 11.5. The number of hydrogen-bond acceptors (Lipinski definition) is 2. The summed E-state index contributed by atoms with van der Waals surface area (Å²) in [5.74, 6) is 0. The van der Waals surface area contributed by atoms with E-state index < -0.39 is 7.14 Å². The van der Waals surface area contributed by atoms with Gasteiger partial charge in [-0.2, -0.15) is 0 Å². The Hall–Kier alpha value is -1.66. The second-order valence-corrected chi connectivity index (χ2v) is 10.7. The van der Waals surface area contributed by atoms with Crippen molar-refractivity contribution in [3.8, 4) is 0 Å². The van der Waals surface area contributed by atoms with Crippen LogP contribution in [0.1, 0.15) is 54.2 Å². The lowest BCUT2D eigenvalue weighted by molar-refractivity contribution is 0.107. The Kier molecular flexibility index (Phi) is 5.44. The zero-order valence-electron chi connectivity index (χ0n) is 16.3. The molecule has 0 amide bonds. The molecule has 3 heteroatoms. The van der Waals surface area contributed by atoms with Gasteiger partial charge in [0.1, 0.15) is 0 Å². The zero-order valence-corrected chi connectivity index (χ0v) is 17.2. The largest absolute Gasteiger partial charge is 0.310 e. The number of aryl methyl sites for hydroxylation is 3. The molecule has 2 rings (SSSR count). The third kappa shape index (κ3) is 3.80. The highest BCUT2D eigenvalue weighted by Crippen LogP contribution is 2.60. The van der Waals surface area contributed by atoms with E-state index in [0.29, 0.717) is 5.56 Å². The van der Waals surface area contributed by atoms with Crippen LogP contribution < -0.4 is 0 Å². The van der Waals surface area contributed by atoms with Crippen molar-refractivity contribution in [2.45, 2.75) is 48.0 Å². The maximum absolute atomic E-state index is 13.9. The van der Waals surface area contributed by atoms with Crippen LogP contribution in [0, 0.1) is 26.2 Å². The number of benzene rings is 1. The van der Waals surface area contributed by atoms with Crippen molar-refractivity contribution in [2.24, 2.45) is 5.41 Å². The zero-order chi connectivity index (χ0) is 19.0. The first kappa shape index (κ1) is 19.7. The van der Waals surface area contributed by atoms with E-state index in [-0.39, 0.29) is 17.1 Å². The fraction of sp³-hybridized carbons (Fsp3) is 0.409. The number of rotatable bonds is 5. The predicted octanol–water partition coefficient (Wildman–Crippen LogP) is 6.56. The molecule has 25 heavy (non-hydrogen) atoms. The smallest absolute Gasteiger partial charge is 0.226 e. The third-order valence-corrected chi connectivity index (χ3v) is 7.81. The van der Waals surface area contributed by atoms with E-state index in [9.17, 15) is 9.36 Å². The first-order valence-electron chi connectivity index (χ1n) is 8.74. The minimum Gasteiger partial charge on any atom is -0.310 e. The summed E-state index contributed by atoms with van der Waals surface area (Å²) < 4.78 is 13.9. The SMILES string of the molecule is C=CCP(=O)(C(=O)c1c(C)cc(C)cc1C)C1=C(C)CC(C)(C)C=C1. The summed E-state index contributed by atoms with van der Waals surface area (Å²) in [5, 5.41) is 0.719. The van der Waals surface area contributed by atoms with Gasteiger partial charge in [0.2, 0.25) is 5.52 Å². The first-order valence-corrected chi connectivity index (χ1v) is 10.6. The van der Waals surface area contributed by atoms with Crippen molar-refractivity contribution >= 4 is 12.7 Å². The molecule has 0 aliphatic heterocycles. The highest BCUT2D eigenvalue weighted by molar-refractivity contribution is 7.85. The van der Waals surface area contributed by atoms with Gasteiger partial charge in [-0.15, -0.1) is 6.58 Å². The molecule has 0 N–H and O–H groups in total. The summed E-state index contributed by atoms with van der Waals surface area (Å²) in [7, 11) is -3.25. The van der Waals surface area contributed by atoms with Crippen molar-refractivity contribution in [3.63, 3.8) is 0 Å². The fourth-order valence-electron chi connectivity index (χ4n) is 3.88. The van der Waals surface area contributed by atoms with E-state index in [1.54, 1.807) is 6.08 Å². The van der Waals surface area contributed by atoms with Crippen LogP contribution in [0.15, 0.2) is 47.8 Å². The van der Waals surface area contributed by atoms with E-state index in [1.807, 2.05) is 45.9 Å². The van der Waals surface area contributed by atoms with Gasteiger partial charge in [-0.25, -0.2) is 0 Å². The van der Waals surface area contributed by atoms with Gasteiger partial charge in [0.25, 0.3) is 0 Å². The van der Waals surface area contributed by atoms with Crippen LogP contribution in [0.3, 0.4) is 0 Å². The molecule has 0 heterocycles. The summed E-state index contributed by atoms with van der Waals surface area (Å²) in [4.78, 5) is 13.4. The molecule has 1 aliphatic rings. The van der Waals surface area contributed by atoms with Gasteiger partial charge in [0, 0.05) is 17.0 Å². The summed E-state index contributed by atoms with van der Waals surface area (Å²) in [6.45, 7) is 15.9. The predicted molar refractivity (Wildman–Crippen MR) is 108 cm³/mol. The van der Waals surface area contributed by atoms with Crippen LogP contribution in [-0.2, 0) is 4.57 Å². The minimum atomic E-state index is -3.25. The maximum Gasteiger partial charge on any atom is 0.226 e. The summed E-state index contributed by atoms with van der Waals surface area (Å²) in [5.41, 5.74) is 4.35. The van der Waals surface area contributed by atoms with Gasteiger partial charge < -0.3 is 4.57 Å². The quantitative estimate of drug-likeness (QED) is 0.442. The Morgan fingerprint density at radius 2 is 1.76 bits per heavy atom. The van der Waals surface area contributed by atoms with Gasteiger partial charge >= 0.3 is 0 Å². The van der Waals surface area contributed by atoms with Gasteiger partial charge in [-0.1, -0.05) is 55.3 Å². The third-order valence-electron chi connectivity index (χ3n) is 4.84. The van der Waals surface area contributed by atoms with Crippen LogP contribution in [0.5, 0.6) is 0 Å². The molecule has 0 saturated carbocycles. The summed E-state index contributed by atoms with van der Waals surface area (Å²) in [6, 6.07) is 3.97. The molecule has 1 atom stereocenters. The lowest BCUT2D eigenvalue weighted by Gasteiger charge is -2.30. The lowest BCUT2D eigenvalue weighted by atomic mass is 9.82. The molecule has 0 fully saturated rings. The molecule has 1 aliphatic carbocycles. The second kappa shape index (κ2) is 6.92. The van der Waals surface area contributed by atoms with E-state index in [2.05, 4.69) is 26.5 Å². The maximum atomic E-state index is 13.9. The molecule has 1 aromatic carbocycles. The minimum absolute atomic E-state index is 0.0331. The highest BCUT2D eigenvalue weighted by atomic mass is 31.2. The normalized spacial score (nSPS) is 18.8. The average molecular weight is 356 g/mol. The van der Waals surface area contributed by atoms with Crippen LogP contribution in [0.4, 0.5) is 0 Å². The molecule has 0 radical (unpaired) electrons. The van der Waals surface area contributed by atoms with Crippen molar-refractivity contribution < 1.29 is 9.36 Å². The van der Waals surface area contributed by atoms with Crippen LogP contribution in [-0.4, -0.2) is 11.7 Å². The molecule has 1 unspecified atom stereocenters. The number of allylic oxidation sites excluding steroid dienone is 5. The molecule has 0 spiro atoms. The Morgan fingerprint density at radius 3 is 2.24 bits per heavy atom. The van der Waals surface area contributed by atoms with Gasteiger partial charge in [0.15, 0.2) is 7.14 Å². The van der Waals surface area contributed by atoms with E-state index in [1.165, 1.54) is 0 Å². The van der Waals surface area contributed by atoms with Gasteiger partial charge in [-0.05, 0) is 50.7 Å². The molecule has 1 aromatic rings. The Morgan fingerprint density at radius 1 is 1.20 bits per heavy atom. The number of hydrogen-bond donors (Lipinski definition) is 0. The number of carbonyl (C=O) groups excluding carboxylic acids is 1. The topological polar surface area (TPSA) is 34.1 Å². The molecular weight excluding hydrogens is 327 g/mol. The van der Waals surface area contributed by atoms with Crippen molar-refractivity contribution in [3.05, 3.63) is 70.1 Å².